The molecular weight excluding hydrogens is 240 g/mol. The summed E-state index contributed by atoms with van der Waals surface area (Å²) in [5.41, 5.74) is 0. The van der Waals surface area contributed by atoms with E-state index in [9.17, 15) is 4.79 Å². The summed E-state index contributed by atoms with van der Waals surface area (Å²) in [4.78, 5) is 15.6. The fraction of sp³-hybridized carbons (Fsp3) is 0.933. The lowest BCUT2D eigenvalue weighted by molar-refractivity contribution is -0.143. The van der Waals surface area contributed by atoms with Gasteiger partial charge in [0.2, 0.25) is 0 Å². The molecule has 3 atom stereocenters. The first-order valence-electron chi connectivity index (χ1n) is 7.75. The number of carboxylic acid groups (broad SMARTS) is 1. The molecule has 1 aliphatic heterocycles. The molecule has 2 aliphatic rings. The normalized spacial score (nSPS) is 32.1. The maximum absolute atomic E-state index is 11.0. The minimum absolute atomic E-state index is 0.336. The monoisotopic (exact) mass is 268 g/mol. The van der Waals surface area contributed by atoms with Gasteiger partial charge >= 0.3 is 5.97 Å². The van der Waals surface area contributed by atoms with Gasteiger partial charge in [-0.25, -0.2) is 0 Å². The lowest BCUT2D eigenvalue weighted by atomic mass is 9.82. The van der Waals surface area contributed by atoms with Crippen molar-refractivity contribution in [3.63, 3.8) is 0 Å². The van der Waals surface area contributed by atoms with E-state index in [2.05, 4.69) is 16.7 Å². The number of hydrogen-bond acceptors (Lipinski definition) is 3. The van der Waals surface area contributed by atoms with Crippen LogP contribution in [0.2, 0.25) is 0 Å². The smallest absolute Gasteiger partial charge is 0.320 e. The van der Waals surface area contributed by atoms with Crippen LogP contribution >= 0.6 is 0 Å². The van der Waals surface area contributed by atoms with Crippen LogP contribution in [0.3, 0.4) is 0 Å². The molecule has 2 fully saturated rings. The topological polar surface area (TPSA) is 43.8 Å². The maximum atomic E-state index is 11.0. The SMILES string of the molecule is CC1CCCC(CN2CCN(C(C)C(=O)O)CC2)C1. The Bertz CT molecular complexity index is 301. The van der Waals surface area contributed by atoms with Crippen molar-refractivity contribution in [1.82, 2.24) is 9.80 Å². The van der Waals surface area contributed by atoms with Gasteiger partial charge in [0, 0.05) is 32.7 Å². The molecule has 0 amide bonds. The quantitative estimate of drug-likeness (QED) is 0.846. The number of rotatable bonds is 4. The molecule has 4 nitrogen and oxygen atoms in total. The first kappa shape index (κ1) is 14.8. The summed E-state index contributed by atoms with van der Waals surface area (Å²) >= 11 is 0. The zero-order valence-electron chi connectivity index (χ0n) is 12.3. The van der Waals surface area contributed by atoms with E-state index in [1.807, 2.05) is 0 Å². The second kappa shape index (κ2) is 6.71. The van der Waals surface area contributed by atoms with Crippen LogP contribution in [0.5, 0.6) is 0 Å². The number of carbonyl (C=O) groups is 1. The molecule has 0 aromatic carbocycles. The van der Waals surface area contributed by atoms with Crippen LogP contribution in [0, 0.1) is 11.8 Å². The van der Waals surface area contributed by atoms with Crippen LogP contribution in [0.4, 0.5) is 0 Å². The molecule has 19 heavy (non-hydrogen) atoms. The summed E-state index contributed by atoms with van der Waals surface area (Å²) in [7, 11) is 0. The minimum Gasteiger partial charge on any atom is -0.480 e. The van der Waals surface area contributed by atoms with E-state index in [1.54, 1.807) is 6.92 Å². The van der Waals surface area contributed by atoms with Crippen LogP contribution in [0.1, 0.15) is 39.5 Å². The van der Waals surface area contributed by atoms with Crippen molar-refractivity contribution in [3.05, 3.63) is 0 Å². The van der Waals surface area contributed by atoms with Gasteiger partial charge < -0.3 is 10.0 Å². The largest absolute Gasteiger partial charge is 0.480 e. The molecule has 1 heterocycles. The second-order valence-electron chi connectivity index (χ2n) is 6.49. The molecule has 0 aromatic heterocycles. The van der Waals surface area contributed by atoms with Gasteiger partial charge in [0.05, 0.1) is 0 Å². The molecule has 3 unspecified atom stereocenters. The molecule has 1 N–H and O–H groups in total. The molecule has 110 valence electrons. The average Bonchev–Trinajstić information content (AvgIpc) is 2.39. The third-order valence-electron chi connectivity index (χ3n) is 4.87. The van der Waals surface area contributed by atoms with Crippen molar-refractivity contribution < 1.29 is 9.90 Å². The Labute approximate surface area is 116 Å². The number of aliphatic carboxylic acids is 1. The van der Waals surface area contributed by atoms with Gasteiger partial charge in [0.1, 0.15) is 6.04 Å². The highest BCUT2D eigenvalue weighted by molar-refractivity contribution is 5.72. The van der Waals surface area contributed by atoms with E-state index in [-0.39, 0.29) is 6.04 Å². The van der Waals surface area contributed by atoms with Crippen LogP contribution in [-0.4, -0.2) is 59.6 Å². The van der Waals surface area contributed by atoms with Gasteiger partial charge in [-0.2, -0.15) is 0 Å². The first-order valence-corrected chi connectivity index (χ1v) is 7.75. The van der Waals surface area contributed by atoms with Crippen molar-refractivity contribution in [2.24, 2.45) is 11.8 Å². The Morgan fingerprint density at radius 1 is 1.26 bits per heavy atom. The lowest BCUT2D eigenvalue weighted by Crippen LogP contribution is -2.52. The molecule has 4 heteroatoms. The van der Waals surface area contributed by atoms with Crippen LogP contribution < -0.4 is 0 Å². The van der Waals surface area contributed by atoms with Crippen molar-refractivity contribution in [3.8, 4) is 0 Å². The fourth-order valence-electron chi connectivity index (χ4n) is 3.58. The van der Waals surface area contributed by atoms with Crippen LogP contribution in [0.15, 0.2) is 0 Å². The van der Waals surface area contributed by atoms with Crippen LogP contribution in [0.25, 0.3) is 0 Å². The molecule has 0 radical (unpaired) electrons. The third-order valence-corrected chi connectivity index (χ3v) is 4.87. The predicted molar refractivity (Wildman–Crippen MR) is 76.2 cm³/mol. The number of piperazine rings is 1. The summed E-state index contributed by atoms with van der Waals surface area (Å²) in [5.74, 6) is 1.06. The van der Waals surface area contributed by atoms with Gasteiger partial charge in [-0.3, -0.25) is 9.69 Å². The number of carboxylic acids is 1. The van der Waals surface area contributed by atoms with Gasteiger partial charge in [-0.15, -0.1) is 0 Å². The predicted octanol–water partition coefficient (Wildman–Crippen LogP) is 1.90. The first-order chi connectivity index (χ1) is 9.06. The van der Waals surface area contributed by atoms with E-state index in [0.29, 0.717) is 0 Å². The van der Waals surface area contributed by atoms with E-state index in [1.165, 1.54) is 32.2 Å². The number of nitrogens with zero attached hydrogens (tertiary/aromatic N) is 2. The Kier molecular flexibility index (Phi) is 5.22. The maximum Gasteiger partial charge on any atom is 0.320 e. The highest BCUT2D eigenvalue weighted by atomic mass is 16.4. The summed E-state index contributed by atoms with van der Waals surface area (Å²) in [5, 5.41) is 9.04. The Morgan fingerprint density at radius 3 is 2.53 bits per heavy atom. The Morgan fingerprint density at radius 2 is 1.95 bits per heavy atom. The van der Waals surface area contributed by atoms with Crippen molar-refractivity contribution in [1.29, 1.82) is 0 Å². The van der Waals surface area contributed by atoms with E-state index in [4.69, 9.17) is 5.11 Å². The van der Waals surface area contributed by atoms with Gasteiger partial charge in [0.25, 0.3) is 0 Å². The highest BCUT2D eigenvalue weighted by Crippen LogP contribution is 2.29. The number of hydrogen-bond donors (Lipinski definition) is 1. The zero-order chi connectivity index (χ0) is 13.8. The molecule has 1 saturated heterocycles. The van der Waals surface area contributed by atoms with Gasteiger partial charge in [-0.1, -0.05) is 19.8 Å². The standard InChI is InChI=1S/C15H28N2O2/c1-12-4-3-5-14(10-12)11-16-6-8-17(9-7-16)13(2)15(18)19/h12-14H,3-11H2,1-2H3,(H,18,19). The molecule has 1 saturated carbocycles. The van der Waals surface area contributed by atoms with Gasteiger partial charge in [-0.05, 0) is 31.6 Å². The zero-order valence-corrected chi connectivity index (χ0v) is 12.3. The van der Waals surface area contributed by atoms with Crippen molar-refractivity contribution in [2.45, 2.75) is 45.6 Å². The summed E-state index contributed by atoms with van der Waals surface area (Å²) in [6.45, 7) is 9.25. The molecule has 0 aromatic rings. The summed E-state index contributed by atoms with van der Waals surface area (Å²) < 4.78 is 0. The van der Waals surface area contributed by atoms with Crippen molar-refractivity contribution in [2.75, 3.05) is 32.7 Å². The average molecular weight is 268 g/mol. The van der Waals surface area contributed by atoms with Crippen molar-refractivity contribution >= 4 is 5.97 Å². The fourth-order valence-corrected chi connectivity index (χ4v) is 3.58. The molecule has 1 aliphatic carbocycles. The van der Waals surface area contributed by atoms with E-state index in [0.717, 1.165) is 38.0 Å². The molecule has 2 rings (SSSR count). The van der Waals surface area contributed by atoms with E-state index < -0.39 is 5.97 Å². The van der Waals surface area contributed by atoms with Crippen LogP contribution in [-0.2, 0) is 4.79 Å². The Hall–Kier alpha value is -0.610. The summed E-state index contributed by atoms with van der Waals surface area (Å²) in [6, 6.07) is -0.336. The Balaban J connectivity index is 1.72. The lowest BCUT2D eigenvalue weighted by Gasteiger charge is -2.39. The highest BCUT2D eigenvalue weighted by Gasteiger charge is 2.27. The minimum atomic E-state index is -0.699. The third kappa shape index (κ3) is 4.18. The van der Waals surface area contributed by atoms with E-state index >= 15 is 0 Å². The summed E-state index contributed by atoms with van der Waals surface area (Å²) in [6.07, 6.45) is 5.56. The molecule has 0 spiro atoms. The molecular formula is C15H28N2O2. The molecule has 0 bridgehead atoms. The second-order valence-corrected chi connectivity index (χ2v) is 6.49. The van der Waals surface area contributed by atoms with Gasteiger partial charge in [0.15, 0.2) is 0 Å².